The summed E-state index contributed by atoms with van der Waals surface area (Å²) in [7, 11) is 1.63. The molecule has 0 radical (unpaired) electrons. The third-order valence-electron chi connectivity index (χ3n) is 2.77. The van der Waals surface area contributed by atoms with Gasteiger partial charge in [0, 0.05) is 22.2 Å². The van der Waals surface area contributed by atoms with Crippen molar-refractivity contribution in [2.45, 2.75) is 30.8 Å². The first kappa shape index (κ1) is 10.8. The van der Waals surface area contributed by atoms with Gasteiger partial charge in [0.1, 0.15) is 11.9 Å². The Labute approximate surface area is 93.4 Å². The molecule has 2 rings (SSSR count). The smallest absolute Gasteiger partial charge is 0.261 e. The molecule has 15 heavy (non-hydrogen) atoms. The van der Waals surface area contributed by atoms with E-state index in [9.17, 15) is 8.42 Å². The number of rotatable bonds is 1. The van der Waals surface area contributed by atoms with Crippen molar-refractivity contribution in [3.63, 3.8) is 0 Å². The molecule has 0 saturated carbocycles. The van der Waals surface area contributed by atoms with Gasteiger partial charge in [0.2, 0.25) is 0 Å². The van der Waals surface area contributed by atoms with Crippen LogP contribution in [0.25, 0.3) is 0 Å². The van der Waals surface area contributed by atoms with Gasteiger partial charge >= 0.3 is 0 Å². The summed E-state index contributed by atoms with van der Waals surface area (Å²) in [6, 6.07) is 4.71. The van der Waals surface area contributed by atoms with Gasteiger partial charge in [-0.2, -0.15) is 0 Å². The molecule has 0 bridgehead atoms. The van der Waals surface area contributed by atoms with Crippen LogP contribution in [-0.2, 0) is 9.05 Å². The Hall–Kier alpha value is -0.740. The number of fused-ring (bicyclic) bond motifs is 1. The van der Waals surface area contributed by atoms with Crippen molar-refractivity contribution in [1.82, 2.24) is 0 Å². The fourth-order valence-electron chi connectivity index (χ4n) is 1.70. The Morgan fingerprint density at radius 3 is 2.60 bits per heavy atom. The summed E-state index contributed by atoms with van der Waals surface area (Å²) in [5.74, 6) is 0.942. The zero-order chi connectivity index (χ0) is 11.2. The molecular formula is C10H11ClO3S. The number of ether oxygens (including phenoxy) is 1. The Bertz CT molecular complexity index is 495. The highest BCUT2D eigenvalue weighted by Gasteiger charge is 2.28. The predicted octanol–water partition coefficient (Wildman–Crippen LogP) is 2.50. The van der Waals surface area contributed by atoms with E-state index < -0.39 is 9.05 Å². The Kier molecular flexibility index (Phi) is 2.43. The number of hydrogen-bond donors (Lipinski definition) is 0. The molecule has 2 unspecified atom stereocenters. The van der Waals surface area contributed by atoms with E-state index in [0.29, 0.717) is 0 Å². The van der Waals surface area contributed by atoms with Crippen molar-refractivity contribution in [3.8, 4) is 5.75 Å². The molecule has 0 fully saturated rings. The fourth-order valence-corrected chi connectivity index (χ4v) is 2.48. The number of hydrogen-bond acceptors (Lipinski definition) is 3. The van der Waals surface area contributed by atoms with Crippen molar-refractivity contribution in [2.24, 2.45) is 0 Å². The van der Waals surface area contributed by atoms with Crippen LogP contribution < -0.4 is 4.74 Å². The van der Waals surface area contributed by atoms with Crippen LogP contribution in [0.3, 0.4) is 0 Å². The van der Waals surface area contributed by atoms with Crippen molar-refractivity contribution < 1.29 is 13.2 Å². The molecule has 82 valence electrons. The minimum Gasteiger partial charge on any atom is -0.490 e. The lowest BCUT2D eigenvalue weighted by atomic mass is 9.99. The van der Waals surface area contributed by atoms with Gasteiger partial charge in [-0.1, -0.05) is 6.92 Å². The van der Waals surface area contributed by atoms with Crippen molar-refractivity contribution in [2.75, 3.05) is 0 Å². The van der Waals surface area contributed by atoms with Gasteiger partial charge in [-0.15, -0.1) is 0 Å². The van der Waals surface area contributed by atoms with E-state index in [1.54, 1.807) is 12.1 Å². The van der Waals surface area contributed by atoms with Crippen LogP contribution in [0.15, 0.2) is 23.1 Å². The molecule has 0 aromatic heterocycles. The molecule has 0 N–H and O–H groups in total. The van der Waals surface area contributed by atoms with Gasteiger partial charge in [-0.05, 0) is 25.1 Å². The van der Waals surface area contributed by atoms with E-state index in [0.717, 1.165) is 11.3 Å². The molecule has 1 aromatic rings. The molecule has 5 heteroatoms. The molecule has 0 spiro atoms. The second-order valence-corrected chi connectivity index (χ2v) is 6.32. The van der Waals surface area contributed by atoms with E-state index in [4.69, 9.17) is 15.4 Å². The van der Waals surface area contributed by atoms with Crippen LogP contribution in [0.2, 0.25) is 0 Å². The van der Waals surface area contributed by atoms with Gasteiger partial charge in [0.25, 0.3) is 9.05 Å². The zero-order valence-corrected chi connectivity index (χ0v) is 9.97. The maximum absolute atomic E-state index is 11.1. The fraction of sp³-hybridized carbons (Fsp3) is 0.400. The minimum atomic E-state index is -3.65. The zero-order valence-electron chi connectivity index (χ0n) is 8.40. The Balaban J connectivity index is 2.54. The number of benzene rings is 1. The largest absolute Gasteiger partial charge is 0.490 e. The second kappa shape index (κ2) is 3.39. The molecule has 2 atom stereocenters. The molecule has 1 aliphatic heterocycles. The maximum atomic E-state index is 11.1. The molecule has 3 nitrogen and oxygen atoms in total. The van der Waals surface area contributed by atoms with Crippen LogP contribution >= 0.6 is 10.7 Å². The van der Waals surface area contributed by atoms with Crippen LogP contribution in [0, 0.1) is 0 Å². The van der Waals surface area contributed by atoms with Gasteiger partial charge in [-0.25, -0.2) is 8.42 Å². The third-order valence-corrected chi connectivity index (χ3v) is 4.12. The van der Waals surface area contributed by atoms with E-state index >= 15 is 0 Å². The van der Waals surface area contributed by atoms with E-state index in [1.807, 2.05) is 13.8 Å². The second-order valence-electron chi connectivity index (χ2n) is 3.75. The highest BCUT2D eigenvalue weighted by atomic mass is 35.7. The average molecular weight is 247 g/mol. The van der Waals surface area contributed by atoms with Crippen LogP contribution in [0.1, 0.15) is 25.3 Å². The van der Waals surface area contributed by atoms with Gasteiger partial charge < -0.3 is 4.74 Å². The average Bonchev–Trinajstić information content (AvgIpc) is 2.41. The van der Waals surface area contributed by atoms with Crippen LogP contribution in [0.4, 0.5) is 0 Å². The van der Waals surface area contributed by atoms with E-state index in [1.165, 1.54) is 6.07 Å². The van der Waals surface area contributed by atoms with E-state index in [-0.39, 0.29) is 16.9 Å². The molecular weight excluding hydrogens is 236 g/mol. The SMILES string of the molecule is CC1Oc2ccc(S(=O)(=O)Cl)cc2C1C. The quantitative estimate of drug-likeness (QED) is 0.715. The first-order valence-electron chi connectivity index (χ1n) is 4.65. The van der Waals surface area contributed by atoms with Crippen molar-refractivity contribution in [1.29, 1.82) is 0 Å². The Morgan fingerprint density at radius 2 is 2.00 bits per heavy atom. The standard InChI is InChI=1S/C10H11ClO3S/c1-6-7(2)14-10-4-3-8(5-9(6)10)15(11,12)13/h3-7H,1-2H3. The summed E-state index contributed by atoms with van der Waals surface area (Å²) in [6.07, 6.45) is 0.0771. The highest BCUT2D eigenvalue weighted by molar-refractivity contribution is 8.13. The highest BCUT2D eigenvalue weighted by Crippen LogP contribution is 2.39. The molecule has 1 aliphatic rings. The van der Waals surface area contributed by atoms with Crippen molar-refractivity contribution in [3.05, 3.63) is 23.8 Å². The summed E-state index contributed by atoms with van der Waals surface area (Å²) in [5, 5.41) is 0. The maximum Gasteiger partial charge on any atom is 0.261 e. The molecule has 1 heterocycles. The van der Waals surface area contributed by atoms with Crippen LogP contribution in [0.5, 0.6) is 5.75 Å². The lowest BCUT2D eigenvalue weighted by Crippen LogP contribution is -2.10. The summed E-state index contributed by atoms with van der Waals surface area (Å²) >= 11 is 0. The molecule has 1 aromatic carbocycles. The first-order valence-corrected chi connectivity index (χ1v) is 6.96. The summed E-state index contributed by atoms with van der Waals surface area (Å²) in [6.45, 7) is 3.96. The lowest BCUT2D eigenvalue weighted by Gasteiger charge is -2.07. The van der Waals surface area contributed by atoms with E-state index in [2.05, 4.69) is 0 Å². The third kappa shape index (κ3) is 1.84. The summed E-state index contributed by atoms with van der Waals surface area (Å²) < 4.78 is 27.8. The van der Waals surface area contributed by atoms with Crippen molar-refractivity contribution >= 4 is 19.7 Å². The van der Waals surface area contributed by atoms with Gasteiger partial charge in [0.05, 0.1) is 4.90 Å². The summed E-state index contributed by atoms with van der Waals surface area (Å²) in [5.41, 5.74) is 0.907. The topological polar surface area (TPSA) is 43.4 Å². The number of halogens is 1. The first-order chi connectivity index (χ1) is 6.89. The molecule has 0 amide bonds. The molecule has 0 saturated heterocycles. The lowest BCUT2D eigenvalue weighted by molar-refractivity contribution is 0.232. The van der Waals surface area contributed by atoms with Crippen LogP contribution in [-0.4, -0.2) is 14.5 Å². The van der Waals surface area contributed by atoms with Gasteiger partial charge in [-0.3, -0.25) is 0 Å². The summed E-state index contributed by atoms with van der Waals surface area (Å²) in [4.78, 5) is 0.132. The minimum absolute atomic E-state index is 0.0771. The monoisotopic (exact) mass is 246 g/mol. The van der Waals surface area contributed by atoms with Gasteiger partial charge in [0.15, 0.2) is 0 Å². The Morgan fingerprint density at radius 1 is 1.33 bits per heavy atom. The predicted molar refractivity (Wildman–Crippen MR) is 58.0 cm³/mol. The normalized spacial score (nSPS) is 24.7. The molecule has 0 aliphatic carbocycles.